The molecule has 0 bridgehead atoms. The van der Waals surface area contributed by atoms with Gasteiger partial charge in [-0.2, -0.15) is 5.10 Å². The Bertz CT molecular complexity index is 1340. The molecule has 158 valence electrons. The van der Waals surface area contributed by atoms with E-state index < -0.39 is 16.4 Å². The summed E-state index contributed by atoms with van der Waals surface area (Å²) in [5.41, 5.74) is 3.97. The van der Waals surface area contributed by atoms with Crippen molar-refractivity contribution in [3.63, 3.8) is 0 Å². The number of aromatic nitrogens is 3. The molecule has 0 aliphatic rings. The third-order valence-corrected chi connectivity index (χ3v) is 5.82. The van der Waals surface area contributed by atoms with Crippen LogP contribution in [0.5, 0.6) is 0 Å². The van der Waals surface area contributed by atoms with Crippen molar-refractivity contribution in [1.82, 2.24) is 14.8 Å². The van der Waals surface area contributed by atoms with Gasteiger partial charge in [-0.05, 0) is 72.1 Å². The molecule has 0 fully saturated rings. The third kappa shape index (κ3) is 4.23. The van der Waals surface area contributed by atoms with Crippen molar-refractivity contribution in [3.05, 3.63) is 84.3 Å². The monoisotopic (exact) mass is 440 g/mol. The van der Waals surface area contributed by atoms with Crippen LogP contribution in [0.4, 0.5) is 8.78 Å². The number of halogens is 2. The van der Waals surface area contributed by atoms with Crippen LogP contribution in [0.3, 0.4) is 0 Å². The Morgan fingerprint density at radius 2 is 1.61 bits per heavy atom. The molecule has 0 radical (unpaired) electrons. The van der Waals surface area contributed by atoms with E-state index in [4.69, 9.17) is 5.14 Å². The number of primary sulfonamides is 1. The molecular formula is C22H18F2N4O2S. The summed E-state index contributed by atoms with van der Waals surface area (Å²) in [6.45, 7) is 1.88. The summed E-state index contributed by atoms with van der Waals surface area (Å²) < 4.78 is 51.4. The van der Waals surface area contributed by atoms with E-state index in [1.807, 2.05) is 37.3 Å². The number of hydrogen-bond donors (Lipinski definition) is 1. The minimum Gasteiger partial charge on any atom is -0.265 e. The van der Waals surface area contributed by atoms with Crippen LogP contribution in [-0.2, 0) is 10.0 Å². The number of benzene rings is 2. The number of sulfonamides is 1. The van der Waals surface area contributed by atoms with Crippen molar-refractivity contribution in [2.75, 3.05) is 0 Å². The van der Waals surface area contributed by atoms with Crippen LogP contribution in [-0.4, -0.2) is 23.2 Å². The smallest absolute Gasteiger partial charge is 0.265 e. The fourth-order valence-corrected chi connectivity index (χ4v) is 3.81. The molecule has 6 nitrogen and oxygen atoms in total. The Morgan fingerprint density at radius 3 is 2.23 bits per heavy atom. The largest absolute Gasteiger partial charge is 0.282 e. The fraction of sp³-hybridized carbons (Fsp3) is 0.0909. The number of hydrogen-bond acceptors (Lipinski definition) is 4. The second kappa shape index (κ2) is 8.01. The summed E-state index contributed by atoms with van der Waals surface area (Å²) >= 11 is 0. The second-order valence-corrected chi connectivity index (χ2v) is 8.53. The fourth-order valence-electron chi connectivity index (χ4n) is 3.29. The van der Waals surface area contributed by atoms with Gasteiger partial charge in [-0.3, -0.25) is 4.98 Å². The van der Waals surface area contributed by atoms with Gasteiger partial charge in [0.05, 0.1) is 16.3 Å². The van der Waals surface area contributed by atoms with E-state index in [0.29, 0.717) is 11.4 Å². The van der Waals surface area contributed by atoms with Crippen LogP contribution in [0.25, 0.3) is 28.1 Å². The van der Waals surface area contributed by atoms with Gasteiger partial charge in [0.2, 0.25) is 10.0 Å². The molecule has 0 atom stereocenters. The molecule has 0 spiro atoms. The van der Waals surface area contributed by atoms with Crippen LogP contribution in [0.15, 0.2) is 78.0 Å². The zero-order valence-corrected chi connectivity index (χ0v) is 17.2. The van der Waals surface area contributed by atoms with Crippen molar-refractivity contribution >= 4 is 10.0 Å². The van der Waals surface area contributed by atoms with Crippen LogP contribution in [0.1, 0.15) is 17.7 Å². The first-order chi connectivity index (χ1) is 14.7. The molecule has 2 heterocycles. The van der Waals surface area contributed by atoms with Crippen LogP contribution >= 0.6 is 0 Å². The van der Waals surface area contributed by atoms with Gasteiger partial charge in [0.15, 0.2) is 0 Å². The van der Waals surface area contributed by atoms with Crippen molar-refractivity contribution in [1.29, 1.82) is 0 Å². The average Bonchev–Trinajstić information content (AvgIpc) is 3.20. The topological polar surface area (TPSA) is 90.9 Å². The Hall–Kier alpha value is -3.43. The maximum absolute atomic E-state index is 13.5. The number of nitrogens with two attached hydrogens (primary N) is 1. The van der Waals surface area contributed by atoms with Crippen LogP contribution in [0.2, 0.25) is 0 Å². The Labute approximate surface area is 178 Å². The van der Waals surface area contributed by atoms with E-state index in [-0.39, 0.29) is 10.6 Å². The minimum atomic E-state index is -3.87. The maximum atomic E-state index is 13.5. The van der Waals surface area contributed by atoms with Gasteiger partial charge in [-0.1, -0.05) is 12.1 Å². The van der Waals surface area contributed by atoms with Crippen LogP contribution < -0.4 is 5.14 Å². The lowest BCUT2D eigenvalue weighted by Gasteiger charge is -2.12. The molecule has 0 saturated heterocycles. The molecule has 2 aromatic carbocycles. The lowest BCUT2D eigenvalue weighted by molar-refractivity contribution is 0.145. The minimum absolute atomic E-state index is 0.0742. The molecule has 2 aromatic heterocycles. The molecule has 0 amide bonds. The predicted molar refractivity (Wildman–Crippen MR) is 113 cm³/mol. The highest BCUT2D eigenvalue weighted by atomic mass is 32.2. The highest BCUT2D eigenvalue weighted by Gasteiger charge is 2.20. The number of aryl methyl sites for hydroxylation is 1. The molecule has 4 aromatic rings. The van der Waals surface area contributed by atoms with Crippen molar-refractivity contribution in [2.45, 2.75) is 18.2 Å². The van der Waals surface area contributed by atoms with Gasteiger partial charge in [-0.15, -0.1) is 0 Å². The third-order valence-electron chi connectivity index (χ3n) is 4.89. The quantitative estimate of drug-likeness (QED) is 0.495. The van der Waals surface area contributed by atoms with Gasteiger partial charge in [0.25, 0.3) is 6.43 Å². The molecular weight excluding hydrogens is 422 g/mol. The molecule has 0 aliphatic heterocycles. The molecule has 31 heavy (non-hydrogen) atoms. The number of nitrogens with zero attached hydrogens (tertiary/aromatic N) is 3. The zero-order chi connectivity index (χ0) is 22.2. The first-order valence-corrected chi connectivity index (χ1v) is 10.8. The Balaban J connectivity index is 1.88. The van der Waals surface area contributed by atoms with Gasteiger partial charge in [0, 0.05) is 18.0 Å². The van der Waals surface area contributed by atoms with E-state index in [1.165, 1.54) is 35.0 Å². The molecule has 4 rings (SSSR count). The van der Waals surface area contributed by atoms with E-state index in [0.717, 1.165) is 22.3 Å². The SMILES string of the molecule is Cc1ccc(-c2ccncc2)cc1-c1cc(C(F)F)nn1-c1ccc(S(N)(=O)=O)cc1. The van der Waals surface area contributed by atoms with E-state index >= 15 is 0 Å². The summed E-state index contributed by atoms with van der Waals surface area (Å²) in [5, 5.41) is 9.22. The van der Waals surface area contributed by atoms with Gasteiger partial charge in [0.1, 0.15) is 5.69 Å². The van der Waals surface area contributed by atoms with Crippen molar-refractivity contribution in [2.24, 2.45) is 5.14 Å². The molecule has 0 saturated carbocycles. The average molecular weight is 440 g/mol. The standard InChI is InChI=1S/C22H18F2N4O2S/c1-14-2-3-16(15-8-10-26-11-9-15)12-19(14)21-13-20(22(23)24)27-28(21)17-4-6-18(7-5-17)31(25,29)30/h2-13,22H,1H3,(H2,25,29,30). The molecule has 0 unspecified atom stereocenters. The summed E-state index contributed by atoms with van der Waals surface area (Å²) in [6, 6.07) is 16.4. The first-order valence-electron chi connectivity index (χ1n) is 9.27. The molecule has 9 heteroatoms. The summed E-state index contributed by atoms with van der Waals surface area (Å²) in [6.07, 6.45) is 0.606. The number of alkyl halides is 2. The molecule has 2 N–H and O–H groups in total. The van der Waals surface area contributed by atoms with E-state index in [1.54, 1.807) is 12.4 Å². The number of pyridine rings is 1. The van der Waals surface area contributed by atoms with E-state index in [2.05, 4.69) is 10.1 Å². The highest BCUT2D eigenvalue weighted by molar-refractivity contribution is 7.89. The van der Waals surface area contributed by atoms with Gasteiger partial charge >= 0.3 is 0 Å². The van der Waals surface area contributed by atoms with Gasteiger partial charge in [-0.25, -0.2) is 27.0 Å². The number of rotatable bonds is 5. The highest BCUT2D eigenvalue weighted by Crippen LogP contribution is 2.33. The predicted octanol–water partition coefficient (Wildman–Crippen LogP) is 4.49. The molecule has 0 aliphatic carbocycles. The van der Waals surface area contributed by atoms with Gasteiger partial charge < -0.3 is 0 Å². The van der Waals surface area contributed by atoms with Crippen LogP contribution in [0, 0.1) is 6.92 Å². The Kier molecular flexibility index (Phi) is 5.38. The van der Waals surface area contributed by atoms with Crippen molar-refractivity contribution < 1.29 is 17.2 Å². The first kappa shape index (κ1) is 20.8. The second-order valence-electron chi connectivity index (χ2n) is 6.97. The summed E-state index contributed by atoms with van der Waals surface area (Å²) in [4.78, 5) is 3.95. The lowest BCUT2D eigenvalue weighted by Crippen LogP contribution is -2.12. The zero-order valence-electron chi connectivity index (χ0n) is 16.4. The normalized spacial score (nSPS) is 11.8. The van der Waals surface area contributed by atoms with E-state index in [9.17, 15) is 17.2 Å². The summed E-state index contributed by atoms with van der Waals surface area (Å²) in [7, 11) is -3.87. The summed E-state index contributed by atoms with van der Waals surface area (Å²) in [5.74, 6) is 0. The Morgan fingerprint density at radius 1 is 0.935 bits per heavy atom. The maximum Gasteiger partial charge on any atom is 0.282 e. The van der Waals surface area contributed by atoms with Crippen molar-refractivity contribution in [3.8, 4) is 28.1 Å². The lowest BCUT2D eigenvalue weighted by atomic mass is 9.98.